The minimum atomic E-state index is -1.15. The van der Waals surface area contributed by atoms with Gasteiger partial charge in [0.05, 0.1) is 30.1 Å². The Morgan fingerprint density at radius 2 is 1.92 bits per heavy atom. The molecular weight excluding hydrogens is 466 g/mol. The Morgan fingerprint density at radius 1 is 1.16 bits per heavy atom. The van der Waals surface area contributed by atoms with Gasteiger partial charge in [-0.1, -0.05) is 71.1 Å². The lowest BCUT2D eigenvalue weighted by Gasteiger charge is -2.51. The first kappa shape index (κ1) is 25.6. The van der Waals surface area contributed by atoms with E-state index in [1.807, 2.05) is 49.2 Å². The van der Waals surface area contributed by atoms with Crippen LogP contribution < -0.4 is 5.56 Å². The summed E-state index contributed by atoms with van der Waals surface area (Å²) < 4.78 is 3.18. The number of carbonyl (C=O) groups is 1. The molecule has 3 aromatic rings. The number of amides is 1. The number of benzene rings is 1. The molecule has 0 spiro atoms. The molecule has 1 aliphatic carbocycles. The van der Waals surface area contributed by atoms with Gasteiger partial charge in [0.25, 0.3) is 5.56 Å². The molecule has 1 N–H and O–H groups in total. The summed E-state index contributed by atoms with van der Waals surface area (Å²) in [6.45, 7) is 7.13. The zero-order chi connectivity index (χ0) is 26.2. The topological polar surface area (TPSA) is 93.2 Å². The molecule has 1 aliphatic heterocycles. The van der Waals surface area contributed by atoms with Gasteiger partial charge in [-0.3, -0.25) is 9.59 Å². The SMILES string of the molecule is C[C@H](CC1CCCCC1)C(=O)N1CCC(O)(Cn2cc(-n3cc4ccccc4n3)ncc2=O)C(C)(C)C1. The molecule has 3 heterocycles. The van der Waals surface area contributed by atoms with Crippen molar-refractivity contribution >= 4 is 16.8 Å². The second-order valence-electron chi connectivity index (χ2n) is 11.9. The van der Waals surface area contributed by atoms with Crippen LogP contribution in [0.1, 0.15) is 65.7 Å². The zero-order valence-electron chi connectivity index (χ0n) is 22.3. The molecule has 5 rings (SSSR count). The smallest absolute Gasteiger partial charge is 0.269 e. The van der Waals surface area contributed by atoms with Gasteiger partial charge in [0.15, 0.2) is 5.82 Å². The lowest BCUT2D eigenvalue weighted by molar-refractivity contribution is -0.157. The third-order valence-corrected chi connectivity index (χ3v) is 8.73. The molecule has 8 heteroatoms. The van der Waals surface area contributed by atoms with Gasteiger partial charge in [-0.25, -0.2) is 9.67 Å². The standard InChI is InChI=1S/C29H39N5O3/c1-21(15-22-9-5-4-6-10-22)27(36)32-14-13-29(37,28(2,3)19-32)20-33-18-25(30-16-26(33)35)34-17-23-11-7-8-12-24(23)31-34/h7-8,11-12,16-18,21-22,37H,4-6,9-10,13-15,19-20H2,1-3H3/t21-,29?/m1/s1. The van der Waals surface area contributed by atoms with Crippen molar-refractivity contribution in [2.45, 2.75) is 77.9 Å². The maximum absolute atomic E-state index is 13.3. The second kappa shape index (κ2) is 10.0. The summed E-state index contributed by atoms with van der Waals surface area (Å²) in [5.74, 6) is 1.36. The number of rotatable bonds is 6. The molecule has 0 bridgehead atoms. The van der Waals surface area contributed by atoms with Crippen LogP contribution in [0.3, 0.4) is 0 Å². The first-order valence-electron chi connectivity index (χ1n) is 13.7. The van der Waals surface area contributed by atoms with Crippen molar-refractivity contribution in [3.63, 3.8) is 0 Å². The summed E-state index contributed by atoms with van der Waals surface area (Å²) in [7, 11) is 0. The minimum absolute atomic E-state index is 0.0000484. The minimum Gasteiger partial charge on any atom is -0.387 e. The molecule has 8 nitrogen and oxygen atoms in total. The third kappa shape index (κ3) is 5.21. The molecule has 198 valence electrons. The van der Waals surface area contributed by atoms with Crippen LogP contribution in [0, 0.1) is 17.3 Å². The summed E-state index contributed by atoms with van der Waals surface area (Å²) in [5, 5.41) is 17.4. The number of nitrogens with zero attached hydrogens (tertiary/aromatic N) is 5. The Labute approximate surface area is 218 Å². The van der Waals surface area contributed by atoms with E-state index in [0.29, 0.717) is 31.2 Å². The monoisotopic (exact) mass is 505 g/mol. The van der Waals surface area contributed by atoms with Crippen LogP contribution in [-0.4, -0.2) is 53.9 Å². The fourth-order valence-electron chi connectivity index (χ4n) is 6.22. The molecule has 1 aromatic carbocycles. The molecule has 37 heavy (non-hydrogen) atoms. The van der Waals surface area contributed by atoms with Gasteiger partial charge in [0.1, 0.15) is 0 Å². The molecule has 2 aliphatic rings. The summed E-state index contributed by atoms with van der Waals surface area (Å²) in [4.78, 5) is 32.3. The number of aliphatic hydroxyl groups is 1. The van der Waals surface area contributed by atoms with Crippen molar-refractivity contribution in [3.05, 3.63) is 53.2 Å². The fraction of sp³-hybridized carbons (Fsp3) is 0.586. The number of fused-ring (bicyclic) bond motifs is 1. The summed E-state index contributed by atoms with van der Waals surface area (Å²) in [5.41, 5.74) is -1.16. The van der Waals surface area contributed by atoms with Crippen LogP contribution in [0.4, 0.5) is 0 Å². The van der Waals surface area contributed by atoms with Crippen LogP contribution in [0.25, 0.3) is 16.7 Å². The molecular formula is C29H39N5O3. The Hall–Kier alpha value is -3.00. The van der Waals surface area contributed by atoms with Gasteiger partial charge >= 0.3 is 0 Å². The summed E-state index contributed by atoms with van der Waals surface area (Å²) in [6, 6.07) is 7.79. The average Bonchev–Trinajstić information content (AvgIpc) is 3.32. The van der Waals surface area contributed by atoms with Gasteiger partial charge in [-0.2, -0.15) is 5.10 Å². The Balaban J connectivity index is 1.30. The molecule has 2 atom stereocenters. The van der Waals surface area contributed by atoms with Crippen molar-refractivity contribution in [2.75, 3.05) is 13.1 Å². The highest BCUT2D eigenvalue weighted by Gasteiger charge is 2.49. The van der Waals surface area contributed by atoms with Crippen molar-refractivity contribution < 1.29 is 9.90 Å². The van der Waals surface area contributed by atoms with Crippen LogP contribution in [0.15, 0.2) is 47.7 Å². The number of piperidine rings is 1. The van der Waals surface area contributed by atoms with E-state index in [1.165, 1.54) is 42.9 Å². The fourth-order valence-corrected chi connectivity index (χ4v) is 6.22. The molecule has 1 unspecified atom stereocenters. The van der Waals surface area contributed by atoms with Crippen molar-refractivity contribution in [3.8, 4) is 5.82 Å². The van der Waals surface area contributed by atoms with Crippen LogP contribution in [0.5, 0.6) is 0 Å². The van der Waals surface area contributed by atoms with Crippen LogP contribution in [0.2, 0.25) is 0 Å². The van der Waals surface area contributed by atoms with Crippen molar-refractivity contribution in [1.29, 1.82) is 0 Å². The molecule has 0 radical (unpaired) electrons. The normalized spacial score (nSPS) is 23.3. The van der Waals surface area contributed by atoms with Gasteiger partial charge < -0.3 is 14.6 Å². The average molecular weight is 506 g/mol. The highest BCUT2D eigenvalue weighted by Crippen LogP contribution is 2.40. The zero-order valence-corrected chi connectivity index (χ0v) is 22.3. The van der Waals surface area contributed by atoms with E-state index in [9.17, 15) is 14.7 Å². The highest BCUT2D eigenvalue weighted by atomic mass is 16.3. The number of hydrogen-bond donors (Lipinski definition) is 1. The maximum Gasteiger partial charge on any atom is 0.269 e. The Morgan fingerprint density at radius 3 is 2.65 bits per heavy atom. The second-order valence-corrected chi connectivity index (χ2v) is 11.9. The van der Waals surface area contributed by atoms with E-state index in [2.05, 4.69) is 17.0 Å². The predicted molar refractivity (Wildman–Crippen MR) is 143 cm³/mol. The van der Waals surface area contributed by atoms with Gasteiger partial charge in [0.2, 0.25) is 5.91 Å². The van der Waals surface area contributed by atoms with Crippen molar-refractivity contribution in [1.82, 2.24) is 24.2 Å². The van der Waals surface area contributed by atoms with E-state index in [0.717, 1.165) is 17.3 Å². The van der Waals surface area contributed by atoms with E-state index in [-0.39, 0.29) is 23.9 Å². The highest BCUT2D eigenvalue weighted by molar-refractivity contribution is 5.79. The van der Waals surface area contributed by atoms with Gasteiger partial charge in [-0.05, 0) is 24.8 Å². The first-order valence-corrected chi connectivity index (χ1v) is 13.7. The molecule has 2 fully saturated rings. The number of hydrogen-bond acceptors (Lipinski definition) is 5. The Bertz CT molecular complexity index is 1290. The molecule has 1 saturated carbocycles. The number of carbonyl (C=O) groups excluding carboxylic acids is 1. The quantitative estimate of drug-likeness (QED) is 0.543. The summed E-state index contributed by atoms with van der Waals surface area (Å²) >= 11 is 0. The van der Waals surface area contributed by atoms with E-state index >= 15 is 0 Å². The molecule has 1 amide bonds. The predicted octanol–water partition coefficient (Wildman–Crippen LogP) is 4.18. The Kier molecular flexibility index (Phi) is 6.96. The van der Waals surface area contributed by atoms with Gasteiger partial charge in [0, 0.05) is 36.0 Å². The van der Waals surface area contributed by atoms with Crippen LogP contribution in [-0.2, 0) is 11.3 Å². The maximum atomic E-state index is 13.3. The van der Waals surface area contributed by atoms with Gasteiger partial charge in [-0.15, -0.1) is 0 Å². The van der Waals surface area contributed by atoms with E-state index < -0.39 is 11.0 Å². The van der Waals surface area contributed by atoms with Crippen LogP contribution >= 0.6 is 0 Å². The first-order chi connectivity index (χ1) is 17.6. The van der Waals surface area contributed by atoms with E-state index in [1.54, 1.807) is 10.9 Å². The van der Waals surface area contributed by atoms with E-state index in [4.69, 9.17) is 0 Å². The summed E-state index contributed by atoms with van der Waals surface area (Å²) in [6.07, 6.45) is 12.5. The largest absolute Gasteiger partial charge is 0.387 e. The third-order valence-electron chi connectivity index (χ3n) is 8.73. The number of aromatic nitrogens is 4. The van der Waals surface area contributed by atoms with Crippen molar-refractivity contribution in [2.24, 2.45) is 17.3 Å². The number of likely N-dealkylation sites (tertiary alicyclic amines) is 1. The molecule has 1 saturated heterocycles. The lowest BCUT2D eigenvalue weighted by atomic mass is 9.69. The molecule has 2 aromatic heterocycles. The lowest BCUT2D eigenvalue weighted by Crippen LogP contribution is -2.61.